The van der Waals surface area contributed by atoms with Crippen molar-refractivity contribution in [1.82, 2.24) is 4.98 Å². The van der Waals surface area contributed by atoms with E-state index in [1.54, 1.807) is 0 Å². The number of aromatic nitrogens is 1. The van der Waals surface area contributed by atoms with Gasteiger partial charge in [-0.05, 0) is 0 Å². The van der Waals surface area contributed by atoms with Gasteiger partial charge in [0.2, 0.25) is 0 Å². The van der Waals surface area contributed by atoms with Gasteiger partial charge in [-0.2, -0.15) is 0 Å². The van der Waals surface area contributed by atoms with E-state index in [9.17, 15) is 10.1 Å². The number of ether oxygens (including phenoxy) is 1. The summed E-state index contributed by atoms with van der Waals surface area (Å²) in [7, 11) is 0. The van der Waals surface area contributed by atoms with E-state index in [0.29, 0.717) is 25.5 Å². The summed E-state index contributed by atoms with van der Waals surface area (Å²) in [5, 5.41) is 19.9. The molecule has 1 N–H and O–H groups in total. The van der Waals surface area contributed by atoms with Crippen LogP contribution in [0.25, 0.3) is 0 Å². The van der Waals surface area contributed by atoms with Gasteiger partial charge in [-0.15, -0.1) is 0 Å². The topological polar surface area (TPSA) is 88.7 Å². The first-order valence-electron chi connectivity index (χ1n) is 5.39. The number of aliphatic hydroxyl groups excluding tert-OH is 1. The molecule has 0 aliphatic carbocycles. The standard InChI is InChI=1S/C10H12ClN3O4/c11-9-3-7(14(16)17)4-12-10(9)13-1-2-18-8(5-13)6-15/h3-4,8,15H,1-2,5-6H2. The van der Waals surface area contributed by atoms with Crippen molar-refractivity contribution in [3.05, 3.63) is 27.4 Å². The quantitative estimate of drug-likeness (QED) is 0.648. The van der Waals surface area contributed by atoms with E-state index < -0.39 is 4.92 Å². The van der Waals surface area contributed by atoms with Crippen molar-refractivity contribution in [2.45, 2.75) is 6.10 Å². The van der Waals surface area contributed by atoms with Crippen LogP contribution >= 0.6 is 11.6 Å². The molecule has 0 radical (unpaired) electrons. The SMILES string of the molecule is O=[N+]([O-])c1cnc(N2CCOC(CO)C2)c(Cl)c1. The number of pyridine rings is 1. The minimum absolute atomic E-state index is 0.0822. The van der Waals surface area contributed by atoms with Crippen molar-refractivity contribution < 1.29 is 14.8 Å². The third kappa shape index (κ3) is 2.69. The lowest BCUT2D eigenvalue weighted by atomic mass is 10.2. The fourth-order valence-electron chi connectivity index (χ4n) is 1.78. The van der Waals surface area contributed by atoms with Crippen LogP contribution in [-0.4, -0.2) is 47.4 Å². The zero-order valence-electron chi connectivity index (χ0n) is 9.45. The second kappa shape index (κ2) is 5.47. The Labute approximate surface area is 108 Å². The molecule has 98 valence electrons. The van der Waals surface area contributed by atoms with Crippen molar-refractivity contribution >= 4 is 23.1 Å². The summed E-state index contributed by atoms with van der Waals surface area (Å²) < 4.78 is 5.31. The molecule has 1 atom stereocenters. The van der Waals surface area contributed by atoms with Crippen LogP contribution in [-0.2, 0) is 4.74 Å². The Hall–Kier alpha value is -1.44. The van der Waals surface area contributed by atoms with Gasteiger partial charge < -0.3 is 14.7 Å². The lowest BCUT2D eigenvalue weighted by molar-refractivity contribution is -0.385. The summed E-state index contributed by atoms with van der Waals surface area (Å²) in [5.74, 6) is 0.476. The average Bonchev–Trinajstić information content (AvgIpc) is 2.38. The van der Waals surface area contributed by atoms with Crippen LogP contribution in [0.5, 0.6) is 0 Å². The monoisotopic (exact) mass is 273 g/mol. The predicted molar refractivity (Wildman–Crippen MR) is 64.9 cm³/mol. The Morgan fingerprint density at radius 1 is 1.72 bits per heavy atom. The summed E-state index contributed by atoms with van der Waals surface area (Å²) in [5.41, 5.74) is -0.143. The third-order valence-electron chi connectivity index (χ3n) is 2.66. The number of rotatable bonds is 3. The molecule has 0 amide bonds. The van der Waals surface area contributed by atoms with Gasteiger partial charge >= 0.3 is 0 Å². The van der Waals surface area contributed by atoms with Crippen molar-refractivity contribution in [2.75, 3.05) is 31.2 Å². The first-order valence-corrected chi connectivity index (χ1v) is 5.77. The van der Waals surface area contributed by atoms with Crippen LogP contribution in [0.15, 0.2) is 12.3 Å². The van der Waals surface area contributed by atoms with Gasteiger partial charge in [0.05, 0.1) is 29.3 Å². The molecule has 1 aromatic heterocycles. The van der Waals surface area contributed by atoms with E-state index in [4.69, 9.17) is 21.4 Å². The first kappa shape index (κ1) is 13.0. The van der Waals surface area contributed by atoms with Gasteiger partial charge in [0.25, 0.3) is 5.69 Å². The highest BCUT2D eigenvalue weighted by Crippen LogP contribution is 2.28. The van der Waals surface area contributed by atoms with Crippen LogP contribution < -0.4 is 4.90 Å². The molecule has 1 fully saturated rings. The van der Waals surface area contributed by atoms with Gasteiger partial charge in [0.1, 0.15) is 12.0 Å². The molecule has 1 aliphatic heterocycles. The maximum absolute atomic E-state index is 10.6. The van der Waals surface area contributed by atoms with Gasteiger partial charge in [0, 0.05) is 19.2 Å². The second-order valence-electron chi connectivity index (χ2n) is 3.88. The zero-order valence-corrected chi connectivity index (χ0v) is 10.2. The molecule has 8 heteroatoms. The highest BCUT2D eigenvalue weighted by atomic mass is 35.5. The fourth-order valence-corrected chi connectivity index (χ4v) is 2.06. The Kier molecular flexibility index (Phi) is 3.95. The Balaban J connectivity index is 2.20. The number of anilines is 1. The van der Waals surface area contributed by atoms with Crippen molar-refractivity contribution in [3.63, 3.8) is 0 Å². The molecule has 0 saturated carbocycles. The predicted octanol–water partition coefficient (Wildman–Crippen LogP) is 0.841. The first-order chi connectivity index (χ1) is 8.61. The summed E-state index contributed by atoms with van der Waals surface area (Å²) in [6.07, 6.45) is 0.886. The summed E-state index contributed by atoms with van der Waals surface area (Å²) >= 11 is 5.99. The third-order valence-corrected chi connectivity index (χ3v) is 2.94. The molecular formula is C10H12ClN3O4. The molecule has 1 aromatic rings. The molecule has 7 nitrogen and oxygen atoms in total. The molecule has 0 spiro atoms. The van der Waals surface area contributed by atoms with Gasteiger partial charge in [-0.3, -0.25) is 10.1 Å². The Bertz CT molecular complexity index is 457. The van der Waals surface area contributed by atoms with Crippen molar-refractivity contribution in [2.24, 2.45) is 0 Å². The minimum Gasteiger partial charge on any atom is -0.394 e. The Morgan fingerprint density at radius 2 is 2.50 bits per heavy atom. The van der Waals surface area contributed by atoms with E-state index in [0.717, 1.165) is 0 Å². The van der Waals surface area contributed by atoms with E-state index in [1.807, 2.05) is 4.90 Å². The fraction of sp³-hybridized carbons (Fsp3) is 0.500. The number of hydrogen-bond acceptors (Lipinski definition) is 6. The zero-order chi connectivity index (χ0) is 13.1. The van der Waals surface area contributed by atoms with Crippen molar-refractivity contribution in [3.8, 4) is 0 Å². The molecule has 0 bridgehead atoms. The molecule has 18 heavy (non-hydrogen) atoms. The van der Waals surface area contributed by atoms with E-state index in [-0.39, 0.29) is 23.4 Å². The second-order valence-corrected chi connectivity index (χ2v) is 4.28. The number of hydrogen-bond donors (Lipinski definition) is 1. The van der Waals surface area contributed by atoms with Crippen LogP contribution in [0, 0.1) is 10.1 Å². The number of halogens is 1. The number of nitrogens with zero attached hydrogens (tertiary/aromatic N) is 3. The molecule has 0 aromatic carbocycles. The van der Waals surface area contributed by atoms with Crippen LogP contribution in [0.1, 0.15) is 0 Å². The number of morpholine rings is 1. The maximum Gasteiger partial charge on any atom is 0.289 e. The number of aliphatic hydroxyl groups is 1. The molecule has 1 aliphatic rings. The van der Waals surface area contributed by atoms with Crippen LogP contribution in [0.2, 0.25) is 5.02 Å². The highest BCUT2D eigenvalue weighted by molar-refractivity contribution is 6.33. The molecule has 2 rings (SSSR count). The van der Waals surface area contributed by atoms with Crippen LogP contribution in [0.3, 0.4) is 0 Å². The maximum atomic E-state index is 10.6. The van der Waals surface area contributed by atoms with Gasteiger partial charge in [-0.25, -0.2) is 4.98 Å². The molecular weight excluding hydrogens is 262 g/mol. The van der Waals surface area contributed by atoms with Crippen molar-refractivity contribution in [1.29, 1.82) is 0 Å². The summed E-state index contributed by atoms with van der Waals surface area (Å²) in [6.45, 7) is 1.42. The highest BCUT2D eigenvalue weighted by Gasteiger charge is 2.23. The summed E-state index contributed by atoms with van der Waals surface area (Å²) in [4.78, 5) is 15.9. The number of nitro groups is 1. The molecule has 1 saturated heterocycles. The lowest BCUT2D eigenvalue weighted by Crippen LogP contribution is -2.44. The smallest absolute Gasteiger partial charge is 0.289 e. The van der Waals surface area contributed by atoms with E-state index >= 15 is 0 Å². The van der Waals surface area contributed by atoms with E-state index in [1.165, 1.54) is 12.3 Å². The lowest BCUT2D eigenvalue weighted by Gasteiger charge is -2.33. The summed E-state index contributed by atoms with van der Waals surface area (Å²) in [6, 6.07) is 1.27. The largest absolute Gasteiger partial charge is 0.394 e. The van der Waals surface area contributed by atoms with Gasteiger partial charge in [0.15, 0.2) is 0 Å². The molecule has 2 heterocycles. The molecule has 1 unspecified atom stereocenters. The van der Waals surface area contributed by atoms with Crippen LogP contribution in [0.4, 0.5) is 11.5 Å². The minimum atomic E-state index is -0.543. The van der Waals surface area contributed by atoms with E-state index in [2.05, 4.69) is 4.98 Å². The normalized spacial score (nSPS) is 19.9. The van der Waals surface area contributed by atoms with Gasteiger partial charge in [-0.1, -0.05) is 11.6 Å². The average molecular weight is 274 g/mol. The Morgan fingerprint density at radius 3 is 3.11 bits per heavy atom.